The standard InChI is InChI=1S/C77H130NO8P/c1-3-5-7-9-11-13-15-17-19-21-23-25-27-29-31-33-35-37-39-41-43-45-47-49-51-53-55-57-59-61-63-65-67-69-76(79)83-73-75(74-85-87(81,82)84-72-71-78)86-77(80)70-68-66-64-62-60-58-56-54-52-50-48-46-44-42-40-38-36-34-32-30-28-26-24-22-20-18-16-14-12-10-8-6-4-2/h5-8,11-14,17-20,23-26,29-32,36,38,42,44,75H,3-4,9-10,15-16,21-22,27-28,33-35,37,39-41,43,45-74,78H2,1-2H3,(H,81,82)/b7-5-,8-6-,13-11-,14-12-,19-17-,20-18-,25-23-,26-24-,31-29-,32-30-,38-36-,44-42-. The van der Waals surface area contributed by atoms with Crippen molar-refractivity contribution in [3.63, 3.8) is 0 Å². The van der Waals surface area contributed by atoms with Crippen LogP contribution in [0.25, 0.3) is 0 Å². The molecule has 87 heavy (non-hydrogen) atoms. The van der Waals surface area contributed by atoms with Crippen LogP contribution in [0.2, 0.25) is 0 Å². The number of nitrogens with two attached hydrogens (primary N) is 1. The molecular weight excluding hydrogens is 1100 g/mol. The van der Waals surface area contributed by atoms with Crippen molar-refractivity contribution in [1.82, 2.24) is 0 Å². The van der Waals surface area contributed by atoms with Gasteiger partial charge in [-0.3, -0.25) is 18.6 Å². The van der Waals surface area contributed by atoms with Crippen molar-refractivity contribution in [2.75, 3.05) is 26.4 Å². The van der Waals surface area contributed by atoms with E-state index in [1.165, 1.54) is 141 Å². The molecule has 0 aromatic carbocycles. The molecular formula is C77H130NO8P. The van der Waals surface area contributed by atoms with Crippen molar-refractivity contribution < 1.29 is 37.6 Å². The van der Waals surface area contributed by atoms with Crippen LogP contribution in [0.1, 0.15) is 296 Å². The fourth-order valence-corrected chi connectivity index (χ4v) is 10.4. The highest BCUT2D eigenvalue weighted by Gasteiger charge is 2.26. The maximum Gasteiger partial charge on any atom is 0.472 e. The second-order valence-electron chi connectivity index (χ2n) is 23.0. The quantitative estimate of drug-likeness (QED) is 0.0264. The lowest BCUT2D eigenvalue weighted by molar-refractivity contribution is -0.161. The van der Waals surface area contributed by atoms with Crippen LogP contribution in [-0.4, -0.2) is 49.3 Å². The molecule has 0 rings (SSSR count). The van der Waals surface area contributed by atoms with E-state index in [2.05, 4.69) is 160 Å². The molecule has 2 atom stereocenters. The summed E-state index contributed by atoms with van der Waals surface area (Å²) in [5.74, 6) is -0.830. The summed E-state index contributed by atoms with van der Waals surface area (Å²) in [5, 5.41) is 0. The van der Waals surface area contributed by atoms with Crippen LogP contribution in [-0.2, 0) is 32.7 Å². The van der Waals surface area contributed by atoms with Crippen molar-refractivity contribution in [1.29, 1.82) is 0 Å². The number of rotatable bonds is 65. The van der Waals surface area contributed by atoms with E-state index >= 15 is 0 Å². The number of ether oxygens (including phenoxy) is 2. The summed E-state index contributed by atoms with van der Waals surface area (Å²) in [6, 6.07) is 0. The molecule has 0 heterocycles. The third-order valence-electron chi connectivity index (χ3n) is 14.7. The minimum atomic E-state index is -4.40. The molecule has 0 aliphatic carbocycles. The monoisotopic (exact) mass is 1230 g/mol. The van der Waals surface area contributed by atoms with E-state index in [0.717, 1.165) is 122 Å². The first-order valence-corrected chi connectivity index (χ1v) is 36.8. The molecule has 0 spiro atoms. The van der Waals surface area contributed by atoms with Gasteiger partial charge < -0.3 is 20.1 Å². The maximum absolute atomic E-state index is 12.8. The lowest BCUT2D eigenvalue weighted by Gasteiger charge is -2.19. The highest BCUT2D eigenvalue weighted by Crippen LogP contribution is 2.43. The second kappa shape index (κ2) is 71.0. The van der Waals surface area contributed by atoms with Crippen molar-refractivity contribution in [2.24, 2.45) is 5.73 Å². The zero-order valence-corrected chi connectivity index (χ0v) is 56.6. The summed E-state index contributed by atoms with van der Waals surface area (Å²) < 4.78 is 33.2. The number of unbranched alkanes of at least 4 members (excludes halogenated alkanes) is 28. The Morgan fingerprint density at radius 1 is 0.345 bits per heavy atom. The largest absolute Gasteiger partial charge is 0.472 e. The van der Waals surface area contributed by atoms with Gasteiger partial charge in [0.05, 0.1) is 13.2 Å². The lowest BCUT2D eigenvalue weighted by atomic mass is 10.0. The number of esters is 2. The molecule has 0 aromatic heterocycles. The van der Waals surface area contributed by atoms with E-state index < -0.39 is 26.5 Å². The Hall–Kier alpha value is -4.11. The summed E-state index contributed by atoms with van der Waals surface area (Å²) in [6.07, 6.45) is 102. The molecule has 0 aromatic rings. The van der Waals surface area contributed by atoms with Gasteiger partial charge in [-0.25, -0.2) is 4.57 Å². The first-order valence-electron chi connectivity index (χ1n) is 35.3. The number of carbonyl (C=O) groups excluding carboxylic acids is 2. The van der Waals surface area contributed by atoms with Gasteiger partial charge >= 0.3 is 19.8 Å². The third kappa shape index (κ3) is 70.8. The van der Waals surface area contributed by atoms with Gasteiger partial charge in [0.15, 0.2) is 6.10 Å². The normalized spacial score (nSPS) is 13.8. The minimum Gasteiger partial charge on any atom is -0.462 e. The number of carbonyl (C=O) groups is 2. The van der Waals surface area contributed by atoms with E-state index in [9.17, 15) is 19.0 Å². The molecule has 2 unspecified atom stereocenters. The van der Waals surface area contributed by atoms with Crippen LogP contribution in [0.4, 0.5) is 0 Å². The first kappa shape index (κ1) is 82.9. The zero-order valence-electron chi connectivity index (χ0n) is 55.7. The van der Waals surface area contributed by atoms with E-state index in [4.69, 9.17) is 24.3 Å². The van der Waals surface area contributed by atoms with E-state index in [-0.39, 0.29) is 38.6 Å². The topological polar surface area (TPSA) is 134 Å². The highest BCUT2D eigenvalue weighted by molar-refractivity contribution is 7.47. The Kier molecular flexibility index (Phi) is 67.6. The fourth-order valence-electron chi connectivity index (χ4n) is 9.59. The molecule has 0 saturated carbocycles. The van der Waals surface area contributed by atoms with Gasteiger partial charge in [-0.2, -0.15) is 0 Å². The predicted molar refractivity (Wildman–Crippen MR) is 376 cm³/mol. The number of phosphoric ester groups is 1. The van der Waals surface area contributed by atoms with Gasteiger partial charge in [-0.1, -0.05) is 314 Å². The molecule has 0 fully saturated rings. The molecule has 0 aliphatic heterocycles. The van der Waals surface area contributed by atoms with Crippen LogP contribution in [0, 0.1) is 0 Å². The summed E-state index contributed by atoms with van der Waals surface area (Å²) >= 11 is 0. The molecule has 9 nitrogen and oxygen atoms in total. The van der Waals surface area contributed by atoms with Crippen molar-refractivity contribution in [3.05, 3.63) is 146 Å². The van der Waals surface area contributed by atoms with E-state index in [1.54, 1.807) is 0 Å². The van der Waals surface area contributed by atoms with Crippen LogP contribution in [0.5, 0.6) is 0 Å². The second-order valence-corrected chi connectivity index (χ2v) is 24.4. The van der Waals surface area contributed by atoms with Gasteiger partial charge in [-0.15, -0.1) is 0 Å². The average molecular weight is 1230 g/mol. The molecule has 10 heteroatoms. The predicted octanol–water partition coefficient (Wildman–Crippen LogP) is 23.4. The molecule has 0 radical (unpaired) electrons. The summed E-state index contributed by atoms with van der Waals surface area (Å²) in [5.41, 5.74) is 5.40. The van der Waals surface area contributed by atoms with Crippen LogP contribution in [0.3, 0.4) is 0 Å². The smallest absolute Gasteiger partial charge is 0.462 e. The van der Waals surface area contributed by atoms with Crippen molar-refractivity contribution >= 4 is 19.8 Å². The molecule has 0 aliphatic rings. The summed E-state index contributed by atoms with van der Waals surface area (Å²) in [7, 11) is -4.40. The lowest BCUT2D eigenvalue weighted by Crippen LogP contribution is -2.29. The average Bonchev–Trinajstić information content (AvgIpc) is 3.64. The van der Waals surface area contributed by atoms with Gasteiger partial charge in [0.2, 0.25) is 0 Å². The third-order valence-corrected chi connectivity index (χ3v) is 15.7. The SMILES string of the molecule is CC/C=C\C/C=C\C/C=C\C/C=C\C/C=C\C/C=C\C/C=C\CCCCCCCCCCCCCC(=O)OC(COC(=O)CCCCCCCCCCCCCCCCCCC/C=C\C/C=C\C/C=C\C/C=C\C/C=C\CC)COP(=O)(O)OCCN. The number of allylic oxidation sites excluding steroid dienone is 24. The molecule has 0 amide bonds. The highest BCUT2D eigenvalue weighted by atomic mass is 31.2. The fraction of sp³-hybridized carbons (Fsp3) is 0.662. The van der Waals surface area contributed by atoms with Crippen LogP contribution < -0.4 is 5.73 Å². The minimum absolute atomic E-state index is 0.0477. The van der Waals surface area contributed by atoms with Gasteiger partial charge in [0.1, 0.15) is 6.61 Å². The maximum atomic E-state index is 12.8. The Morgan fingerprint density at radius 3 is 0.885 bits per heavy atom. The number of phosphoric acid groups is 1. The van der Waals surface area contributed by atoms with Gasteiger partial charge in [0, 0.05) is 19.4 Å². The number of hydrogen-bond acceptors (Lipinski definition) is 8. The van der Waals surface area contributed by atoms with Crippen molar-refractivity contribution in [3.8, 4) is 0 Å². The van der Waals surface area contributed by atoms with Gasteiger partial charge in [-0.05, 0) is 116 Å². The van der Waals surface area contributed by atoms with E-state index in [0.29, 0.717) is 6.42 Å². The van der Waals surface area contributed by atoms with Gasteiger partial charge in [0.25, 0.3) is 0 Å². The van der Waals surface area contributed by atoms with E-state index in [1.807, 2.05) is 0 Å². The summed E-state index contributed by atoms with van der Waals surface area (Å²) in [6.45, 7) is 3.53. The van der Waals surface area contributed by atoms with Crippen LogP contribution in [0.15, 0.2) is 146 Å². The Labute approximate surface area is 535 Å². The molecule has 3 N–H and O–H groups in total. The zero-order chi connectivity index (χ0) is 63.0. The molecule has 496 valence electrons. The Bertz CT molecular complexity index is 1940. The Balaban J connectivity index is 3.91. The first-order chi connectivity index (χ1) is 42.8. The Morgan fingerprint density at radius 2 is 0.598 bits per heavy atom. The number of hydrogen-bond donors (Lipinski definition) is 2. The van der Waals surface area contributed by atoms with Crippen LogP contribution >= 0.6 is 7.82 Å². The molecule has 0 bridgehead atoms. The molecule has 0 saturated heterocycles. The van der Waals surface area contributed by atoms with Crippen molar-refractivity contribution in [2.45, 2.75) is 302 Å². The summed E-state index contributed by atoms with van der Waals surface area (Å²) in [4.78, 5) is 35.4.